The van der Waals surface area contributed by atoms with Crippen molar-refractivity contribution in [1.29, 1.82) is 0 Å². The molecule has 0 radical (unpaired) electrons. The van der Waals surface area contributed by atoms with Gasteiger partial charge in [-0.25, -0.2) is 9.97 Å². The van der Waals surface area contributed by atoms with Crippen LogP contribution in [0.3, 0.4) is 0 Å². The molecular formula is C23H21ClN4O. The number of rotatable bonds is 3. The molecule has 6 heteroatoms. The molecule has 5 rings (SSSR count). The topological polar surface area (TPSA) is 49.3 Å². The number of halogens is 1. The molecule has 29 heavy (non-hydrogen) atoms. The predicted molar refractivity (Wildman–Crippen MR) is 116 cm³/mol. The second kappa shape index (κ2) is 7.25. The van der Waals surface area contributed by atoms with Crippen LogP contribution in [0.4, 0.5) is 5.95 Å². The van der Waals surface area contributed by atoms with Gasteiger partial charge in [0.25, 0.3) is 0 Å². The minimum Gasteiger partial charge on any atom is -0.338 e. The van der Waals surface area contributed by atoms with Gasteiger partial charge < -0.3 is 9.80 Å². The number of piperazine rings is 1. The van der Waals surface area contributed by atoms with Gasteiger partial charge in [0.15, 0.2) is 5.78 Å². The van der Waals surface area contributed by atoms with Crippen LogP contribution in [0.1, 0.15) is 22.8 Å². The van der Waals surface area contributed by atoms with Crippen molar-refractivity contribution in [3.05, 3.63) is 64.7 Å². The normalized spacial score (nSPS) is 16.1. The van der Waals surface area contributed by atoms with Crippen LogP contribution >= 0.6 is 11.6 Å². The van der Waals surface area contributed by atoms with Crippen molar-refractivity contribution in [3.8, 4) is 22.5 Å². The number of carbonyl (C=O) groups excluding carboxylic acids is 1. The van der Waals surface area contributed by atoms with Crippen molar-refractivity contribution in [3.63, 3.8) is 0 Å². The molecule has 1 aliphatic carbocycles. The highest BCUT2D eigenvalue weighted by Crippen LogP contribution is 2.42. The van der Waals surface area contributed by atoms with E-state index in [1.165, 1.54) is 0 Å². The second-order valence-corrected chi connectivity index (χ2v) is 7.78. The average Bonchev–Trinajstić information content (AvgIpc) is 3.06. The van der Waals surface area contributed by atoms with Crippen LogP contribution in [0, 0.1) is 0 Å². The zero-order valence-corrected chi connectivity index (χ0v) is 17.0. The first-order valence-corrected chi connectivity index (χ1v) is 10.3. The van der Waals surface area contributed by atoms with Crippen molar-refractivity contribution < 1.29 is 4.79 Å². The molecule has 2 aromatic carbocycles. The monoisotopic (exact) mass is 404 g/mol. The van der Waals surface area contributed by atoms with Gasteiger partial charge in [-0.15, -0.1) is 0 Å². The highest BCUT2D eigenvalue weighted by molar-refractivity contribution is 6.34. The maximum Gasteiger partial charge on any atom is 0.226 e. The SMILES string of the molecule is CCN1CCN(c2nc(-c3ccccc3Cl)c3c(n2)-c2ccccc2C3=O)CC1. The minimum absolute atomic E-state index is 0.0344. The van der Waals surface area contributed by atoms with Gasteiger partial charge >= 0.3 is 0 Å². The van der Waals surface area contributed by atoms with Gasteiger partial charge in [0.05, 0.1) is 17.0 Å². The summed E-state index contributed by atoms with van der Waals surface area (Å²) in [5.74, 6) is 0.631. The van der Waals surface area contributed by atoms with E-state index < -0.39 is 0 Å². The van der Waals surface area contributed by atoms with Gasteiger partial charge in [-0.3, -0.25) is 4.79 Å². The van der Waals surface area contributed by atoms with Gasteiger partial charge in [0.2, 0.25) is 5.95 Å². The lowest BCUT2D eigenvalue weighted by atomic mass is 10.0. The molecule has 1 saturated heterocycles. The van der Waals surface area contributed by atoms with Crippen LogP contribution in [0.25, 0.3) is 22.5 Å². The molecule has 1 aromatic heterocycles. The lowest BCUT2D eigenvalue weighted by Gasteiger charge is -2.34. The molecule has 1 fully saturated rings. The van der Waals surface area contributed by atoms with Crippen molar-refractivity contribution in [2.75, 3.05) is 37.6 Å². The summed E-state index contributed by atoms with van der Waals surface area (Å²) < 4.78 is 0. The summed E-state index contributed by atoms with van der Waals surface area (Å²) in [5, 5.41) is 0.582. The first-order chi connectivity index (χ1) is 14.2. The standard InChI is InChI=1S/C23H21ClN4O/c1-2-27-11-13-28(14-12-27)23-25-20-15-7-3-4-8-16(15)22(29)19(20)21(26-23)17-9-5-6-10-18(17)24/h3-10H,2,11-14H2,1H3. The number of carbonyl (C=O) groups is 1. The van der Waals surface area contributed by atoms with E-state index in [0.29, 0.717) is 33.5 Å². The van der Waals surface area contributed by atoms with Gasteiger partial charge in [-0.2, -0.15) is 0 Å². The van der Waals surface area contributed by atoms with E-state index in [1.807, 2.05) is 48.5 Å². The van der Waals surface area contributed by atoms with Gasteiger partial charge in [0, 0.05) is 47.9 Å². The predicted octanol–water partition coefficient (Wildman–Crippen LogP) is 4.15. The first-order valence-electron chi connectivity index (χ1n) is 9.95. The number of hydrogen-bond acceptors (Lipinski definition) is 5. The zero-order chi connectivity index (χ0) is 20.0. The quantitative estimate of drug-likeness (QED) is 0.513. The van der Waals surface area contributed by atoms with Crippen molar-refractivity contribution >= 4 is 23.3 Å². The number of nitrogens with zero attached hydrogens (tertiary/aromatic N) is 4. The average molecular weight is 405 g/mol. The molecule has 2 heterocycles. The van der Waals surface area contributed by atoms with Crippen LogP contribution in [0.2, 0.25) is 5.02 Å². The van der Waals surface area contributed by atoms with E-state index >= 15 is 0 Å². The molecule has 0 spiro atoms. The third-order valence-electron chi connectivity index (χ3n) is 5.78. The van der Waals surface area contributed by atoms with Crippen LogP contribution < -0.4 is 4.90 Å². The number of aromatic nitrogens is 2. The fraction of sp³-hybridized carbons (Fsp3) is 0.261. The largest absolute Gasteiger partial charge is 0.338 e. The van der Waals surface area contributed by atoms with Crippen LogP contribution in [0.5, 0.6) is 0 Å². The van der Waals surface area contributed by atoms with E-state index in [1.54, 1.807) is 0 Å². The molecule has 0 N–H and O–H groups in total. The van der Waals surface area contributed by atoms with Gasteiger partial charge in [-0.1, -0.05) is 61.0 Å². The van der Waals surface area contributed by atoms with Crippen LogP contribution in [-0.2, 0) is 0 Å². The number of benzene rings is 2. The molecule has 0 amide bonds. The van der Waals surface area contributed by atoms with Crippen molar-refractivity contribution in [1.82, 2.24) is 14.9 Å². The molecule has 3 aromatic rings. The Kier molecular flexibility index (Phi) is 4.57. The molecule has 1 aliphatic heterocycles. The summed E-state index contributed by atoms with van der Waals surface area (Å²) in [6, 6.07) is 15.2. The Bertz CT molecular complexity index is 1110. The Hall–Kier alpha value is -2.76. The molecule has 0 atom stereocenters. The lowest BCUT2D eigenvalue weighted by Crippen LogP contribution is -2.46. The highest BCUT2D eigenvalue weighted by atomic mass is 35.5. The summed E-state index contributed by atoms with van der Waals surface area (Å²) in [5.41, 5.74) is 4.20. The number of ketones is 1. The van der Waals surface area contributed by atoms with E-state index in [0.717, 1.165) is 43.9 Å². The number of fused-ring (bicyclic) bond motifs is 3. The summed E-state index contributed by atoms with van der Waals surface area (Å²) >= 11 is 6.50. The fourth-order valence-electron chi connectivity index (χ4n) is 4.13. The molecule has 146 valence electrons. The number of hydrogen-bond donors (Lipinski definition) is 0. The maximum absolute atomic E-state index is 13.2. The molecule has 0 bridgehead atoms. The van der Waals surface area contributed by atoms with E-state index in [9.17, 15) is 4.79 Å². The van der Waals surface area contributed by atoms with Crippen molar-refractivity contribution in [2.24, 2.45) is 0 Å². The Labute approximate surface area is 175 Å². The van der Waals surface area contributed by atoms with E-state index in [4.69, 9.17) is 21.6 Å². The molecular weight excluding hydrogens is 384 g/mol. The Morgan fingerprint density at radius 1 is 0.862 bits per heavy atom. The number of likely N-dealkylation sites (N-methyl/N-ethyl adjacent to an activating group) is 1. The first kappa shape index (κ1) is 18.3. The van der Waals surface area contributed by atoms with Gasteiger partial charge in [-0.05, 0) is 12.6 Å². The molecule has 0 saturated carbocycles. The summed E-state index contributed by atoms with van der Waals surface area (Å²) in [7, 11) is 0. The van der Waals surface area contributed by atoms with Crippen LogP contribution in [0.15, 0.2) is 48.5 Å². The molecule has 5 nitrogen and oxygen atoms in total. The Balaban J connectivity index is 1.69. The third kappa shape index (κ3) is 3.02. The Morgan fingerprint density at radius 2 is 1.45 bits per heavy atom. The zero-order valence-electron chi connectivity index (χ0n) is 16.2. The molecule has 2 aliphatic rings. The molecule has 0 unspecified atom stereocenters. The minimum atomic E-state index is -0.0344. The van der Waals surface area contributed by atoms with E-state index in [2.05, 4.69) is 16.7 Å². The van der Waals surface area contributed by atoms with Crippen LogP contribution in [-0.4, -0.2) is 53.4 Å². The highest BCUT2D eigenvalue weighted by Gasteiger charge is 2.34. The number of anilines is 1. The smallest absolute Gasteiger partial charge is 0.226 e. The lowest BCUT2D eigenvalue weighted by molar-refractivity contribution is 0.104. The summed E-state index contributed by atoms with van der Waals surface area (Å²) in [4.78, 5) is 27.6. The second-order valence-electron chi connectivity index (χ2n) is 7.37. The summed E-state index contributed by atoms with van der Waals surface area (Å²) in [6.07, 6.45) is 0. The van der Waals surface area contributed by atoms with E-state index in [-0.39, 0.29) is 5.78 Å². The van der Waals surface area contributed by atoms with Gasteiger partial charge in [0.1, 0.15) is 0 Å². The maximum atomic E-state index is 13.2. The fourth-order valence-corrected chi connectivity index (χ4v) is 4.36. The third-order valence-corrected chi connectivity index (χ3v) is 6.11. The Morgan fingerprint density at radius 3 is 2.10 bits per heavy atom. The summed E-state index contributed by atoms with van der Waals surface area (Å²) in [6.45, 7) is 6.92. The van der Waals surface area contributed by atoms with Crippen molar-refractivity contribution in [2.45, 2.75) is 6.92 Å².